The highest BCUT2D eigenvalue weighted by atomic mass is 35.5. The Balaban J connectivity index is 2.38. The molecule has 0 N–H and O–H groups in total. The van der Waals surface area contributed by atoms with Gasteiger partial charge >= 0.3 is 0 Å². The molecule has 1 fully saturated rings. The molecule has 0 amide bonds. The SMILES string of the molecule is CC1C(Cl)CCC1c1c(F)cccc1F. The molecule has 1 saturated carbocycles. The van der Waals surface area contributed by atoms with E-state index in [4.69, 9.17) is 11.6 Å². The van der Waals surface area contributed by atoms with Gasteiger partial charge in [-0.2, -0.15) is 0 Å². The van der Waals surface area contributed by atoms with Crippen molar-refractivity contribution in [1.82, 2.24) is 0 Å². The lowest BCUT2D eigenvalue weighted by Gasteiger charge is -2.18. The fourth-order valence-corrected chi connectivity index (χ4v) is 2.69. The smallest absolute Gasteiger partial charge is 0.129 e. The van der Waals surface area contributed by atoms with Gasteiger partial charge < -0.3 is 0 Å². The van der Waals surface area contributed by atoms with Gasteiger partial charge in [-0.3, -0.25) is 0 Å². The molecule has 1 aromatic carbocycles. The first-order valence-electron chi connectivity index (χ1n) is 5.19. The summed E-state index contributed by atoms with van der Waals surface area (Å²) in [4.78, 5) is 0. The largest absolute Gasteiger partial charge is 0.207 e. The van der Waals surface area contributed by atoms with Gasteiger partial charge in [-0.05, 0) is 36.8 Å². The minimum Gasteiger partial charge on any atom is -0.207 e. The van der Waals surface area contributed by atoms with E-state index in [2.05, 4.69) is 0 Å². The Hall–Kier alpha value is -0.630. The molecule has 0 heterocycles. The summed E-state index contributed by atoms with van der Waals surface area (Å²) in [7, 11) is 0. The van der Waals surface area contributed by atoms with Crippen LogP contribution in [-0.4, -0.2) is 5.38 Å². The van der Waals surface area contributed by atoms with Crippen molar-refractivity contribution in [3.05, 3.63) is 35.4 Å². The standard InChI is InChI=1S/C12H13ClF2/c1-7-8(5-6-9(7)13)12-10(14)3-2-4-11(12)15/h2-4,7-9H,5-6H2,1H3. The molecular formula is C12H13ClF2. The Labute approximate surface area is 93.2 Å². The molecule has 1 aromatic rings. The zero-order valence-corrected chi connectivity index (χ0v) is 9.27. The van der Waals surface area contributed by atoms with Crippen LogP contribution in [0.25, 0.3) is 0 Å². The zero-order valence-electron chi connectivity index (χ0n) is 8.51. The van der Waals surface area contributed by atoms with Crippen molar-refractivity contribution in [2.24, 2.45) is 5.92 Å². The molecule has 0 radical (unpaired) electrons. The summed E-state index contributed by atoms with van der Waals surface area (Å²) in [5.74, 6) is -0.831. The third-order valence-corrected chi connectivity index (χ3v) is 3.94. The number of alkyl halides is 1. The minimum absolute atomic E-state index is 0.0361. The number of hydrogen-bond acceptors (Lipinski definition) is 0. The minimum atomic E-state index is -0.447. The molecule has 3 unspecified atom stereocenters. The molecule has 2 rings (SSSR count). The lowest BCUT2D eigenvalue weighted by molar-refractivity contribution is 0.470. The number of benzene rings is 1. The van der Waals surface area contributed by atoms with Gasteiger partial charge in [0.05, 0.1) is 0 Å². The van der Waals surface area contributed by atoms with Crippen LogP contribution in [0, 0.1) is 17.6 Å². The fourth-order valence-electron chi connectivity index (χ4n) is 2.39. The zero-order chi connectivity index (χ0) is 11.0. The Bertz CT molecular complexity index is 344. The van der Waals surface area contributed by atoms with Crippen molar-refractivity contribution in [3.8, 4) is 0 Å². The summed E-state index contributed by atoms with van der Waals surface area (Å²) in [5, 5.41) is 0.0361. The highest BCUT2D eigenvalue weighted by molar-refractivity contribution is 6.21. The van der Waals surface area contributed by atoms with Crippen molar-refractivity contribution in [1.29, 1.82) is 0 Å². The third-order valence-electron chi connectivity index (χ3n) is 3.33. The Morgan fingerprint density at radius 3 is 2.27 bits per heavy atom. The van der Waals surface area contributed by atoms with E-state index >= 15 is 0 Å². The van der Waals surface area contributed by atoms with Crippen LogP contribution < -0.4 is 0 Å². The van der Waals surface area contributed by atoms with Crippen LogP contribution in [0.1, 0.15) is 31.2 Å². The van der Waals surface area contributed by atoms with Gasteiger partial charge in [-0.25, -0.2) is 8.78 Å². The Morgan fingerprint density at radius 2 is 1.80 bits per heavy atom. The van der Waals surface area contributed by atoms with Crippen LogP contribution in [0.4, 0.5) is 8.78 Å². The van der Waals surface area contributed by atoms with E-state index in [1.54, 1.807) is 0 Å². The molecule has 3 heteroatoms. The van der Waals surface area contributed by atoms with Gasteiger partial charge in [-0.15, -0.1) is 11.6 Å². The molecule has 15 heavy (non-hydrogen) atoms. The summed E-state index contributed by atoms with van der Waals surface area (Å²) in [6.07, 6.45) is 1.61. The van der Waals surface area contributed by atoms with Crippen LogP contribution >= 0.6 is 11.6 Å². The highest BCUT2D eigenvalue weighted by Gasteiger charge is 2.35. The van der Waals surface area contributed by atoms with Crippen molar-refractivity contribution in [2.75, 3.05) is 0 Å². The van der Waals surface area contributed by atoms with Gasteiger partial charge in [-0.1, -0.05) is 13.0 Å². The second-order valence-electron chi connectivity index (χ2n) is 4.19. The quantitative estimate of drug-likeness (QED) is 0.638. The van der Waals surface area contributed by atoms with E-state index < -0.39 is 11.6 Å². The molecule has 1 aliphatic carbocycles. The summed E-state index contributed by atoms with van der Waals surface area (Å²) in [6.45, 7) is 1.96. The highest BCUT2D eigenvalue weighted by Crippen LogP contribution is 2.43. The van der Waals surface area contributed by atoms with Crippen LogP contribution in [-0.2, 0) is 0 Å². The monoisotopic (exact) mass is 230 g/mol. The molecule has 0 spiro atoms. The average Bonchev–Trinajstić information content (AvgIpc) is 2.49. The first-order chi connectivity index (χ1) is 7.11. The van der Waals surface area contributed by atoms with E-state index in [1.807, 2.05) is 6.92 Å². The van der Waals surface area contributed by atoms with Crippen LogP contribution in [0.2, 0.25) is 0 Å². The molecule has 0 aromatic heterocycles. The number of rotatable bonds is 1. The maximum absolute atomic E-state index is 13.5. The number of hydrogen-bond donors (Lipinski definition) is 0. The summed E-state index contributed by atoms with van der Waals surface area (Å²) in [6, 6.07) is 4.02. The molecule has 0 nitrogen and oxygen atoms in total. The molecule has 1 aliphatic rings. The van der Waals surface area contributed by atoms with Gasteiger partial charge in [0.15, 0.2) is 0 Å². The molecule has 0 saturated heterocycles. The van der Waals surface area contributed by atoms with Crippen LogP contribution in [0.3, 0.4) is 0 Å². The van der Waals surface area contributed by atoms with E-state index in [1.165, 1.54) is 18.2 Å². The number of halogens is 3. The second-order valence-corrected chi connectivity index (χ2v) is 4.75. The van der Waals surface area contributed by atoms with Crippen molar-refractivity contribution in [2.45, 2.75) is 31.1 Å². The van der Waals surface area contributed by atoms with Crippen molar-refractivity contribution < 1.29 is 8.78 Å². The van der Waals surface area contributed by atoms with Gasteiger partial charge in [0.2, 0.25) is 0 Å². The molecule has 82 valence electrons. The van der Waals surface area contributed by atoms with E-state index in [0.29, 0.717) is 0 Å². The van der Waals surface area contributed by atoms with Gasteiger partial charge in [0.1, 0.15) is 11.6 Å². The van der Waals surface area contributed by atoms with Crippen LogP contribution in [0.15, 0.2) is 18.2 Å². The lowest BCUT2D eigenvalue weighted by Crippen LogP contribution is -2.12. The van der Waals surface area contributed by atoms with Gasteiger partial charge in [0.25, 0.3) is 0 Å². The summed E-state index contributed by atoms with van der Waals surface area (Å²) < 4.78 is 27.0. The normalized spacial score (nSPS) is 30.8. The summed E-state index contributed by atoms with van der Waals surface area (Å²) in [5.41, 5.74) is 0.216. The van der Waals surface area contributed by atoms with Crippen molar-refractivity contribution >= 4 is 11.6 Å². The average molecular weight is 231 g/mol. The summed E-state index contributed by atoms with van der Waals surface area (Å²) >= 11 is 6.07. The molecule has 0 bridgehead atoms. The van der Waals surface area contributed by atoms with E-state index in [9.17, 15) is 8.78 Å². The first-order valence-corrected chi connectivity index (χ1v) is 5.63. The van der Waals surface area contributed by atoms with Crippen molar-refractivity contribution in [3.63, 3.8) is 0 Å². The topological polar surface area (TPSA) is 0 Å². The van der Waals surface area contributed by atoms with E-state index in [0.717, 1.165) is 12.8 Å². The maximum atomic E-state index is 13.5. The maximum Gasteiger partial charge on any atom is 0.129 e. The van der Waals surface area contributed by atoms with Gasteiger partial charge in [0, 0.05) is 10.9 Å². The third kappa shape index (κ3) is 1.87. The Morgan fingerprint density at radius 1 is 1.20 bits per heavy atom. The lowest BCUT2D eigenvalue weighted by atomic mass is 9.89. The fraction of sp³-hybridized carbons (Fsp3) is 0.500. The van der Waals surface area contributed by atoms with Crippen LogP contribution in [0.5, 0.6) is 0 Å². The Kier molecular flexibility index (Phi) is 2.96. The first kappa shape index (κ1) is 10.9. The second kappa shape index (κ2) is 4.09. The molecule has 3 atom stereocenters. The predicted octanol–water partition coefficient (Wildman–Crippen LogP) is 4.09. The molecule has 0 aliphatic heterocycles. The predicted molar refractivity (Wildman–Crippen MR) is 57.1 cm³/mol. The molecular weight excluding hydrogens is 218 g/mol. The van der Waals surface area contributed by atoms with E-state index in [-0.39, 0.29) is 22.8 Å².